The van der Waals surface area contributed by atoms with Crippen molar-refractivity contribution in [1.29, 1.82) is 0 Å². The lowest BCUT2D eigenvalue weighted by molar-refractivity contribution is 0.374. The molecule has 0 aliphatic heterocycles. The van der Waals surface area contributed by atoms with E-state index in [0.29, 0.717) is 12.4 Å². The van der Waals surface area contributed by atoms with Crippen LogP contribution in [-0.4, -0.2) is 15.1 Å². The monoisotopic (exact) mass is 246 g/mol. The van der Waals surface area contributed by atoms with Gasteiger partial charge in [0, 0.05) is 24.7 Å². The number of nitrogens with zero attached hydrogens (tertiary/aromatic N) is 3. The van der Waals surface area contributed by atoms with Gasteiger partial charge < -0.3 is 10.3 Å². The first-order chi connectivity index (χ1) is 8.48. The van der Waals surface area contributed by atoms with E-state index in [1.165, 1.54) is 0 Å². The van der Waals surface area contributed by atoms with Crippen molar-refractivity contribution in [3.8, 4) is 11.5 Å². The molecule has 0 saturated heterocycles. The molecule has 0 radical (unpaired) electrons. The van der Waals surface area contributed by atoms with Gasteiger partial charge in [-0.15, -0.1) is 0 Å². The van der Waals surface area contributed by atoms with Crippen LogP contribution < -0.4 is 5.73 Å². The molecule has 5 heteroatoms. The summed E-state index contributed by atoms with van der Waals surface area (Å²) >= 11 is 0. The molecular weight excluding hydrogens is 228 g/mol. The fourth-order valence-electron chi connectivity index (χ4n) is 1.64. The lowest BCUT2D eigenvalue weighted by Gasteiger charge is -2.14. The third-order valence-corrected chi connectivity index (χ3v) is 2.43. The van der Waals surface area contributed by atoms with Crippen LogP contribution in [0.15, 0.2) is 22.9 Å². The fourth-order valence-corrected chi connectivity index (χ4v) is 1.64. The molecule has 0 aliphatic carbocycles. The van der Waals surface area contributed by atoms with Crippen molar-refractivity contribution >= 4 is 0 Å². The first kappa shape index (κ1) is 12.7. The van der Waals surface area contributed by atoms with Crippen LogP contribution in [0, 0.1) is 5.41 Å². The minimum Gasteiger partial charge on any atom is -0.334 e. The standard InChI is InChI=1S/C13H18N4O/c1-13(2,3)7-11-16-12(18-17-11)9-4-5-15-10(6-9)8-14/h4-6H,7-8,14H2,1-3H3. The van der Waals surface area contributed by atoms with Gasteiger partial charge in [0.2, 0.25) is 0 Å². The molecule has 96 valence electrons. The molecule has 0 spiro atoms. The molecule has 0 aliphatic rings. The summed E-state index contributed by atoms with van der Waals surface area (Å²) in [7, 11) is 0. The van der Waals surface area contributed by atoms with Gasteiger partial charge in [0.05, 0.1) is 5.69 Å². The van der Waals surface area contributed by atoms with Crippen molar-refractivity contribution in [2.75, 3.05) is 0 Å². The first-order valence-corrected chi connectivity index (χ1v) is 5.96. The average molecular weight is 246 g/mol. The Balaban J connectivity index is 2.23. The second-order valence-corrected chi connectivity index (χ2v) is 5.49. The molecule has 0 aromatic carbocycles. The normalized spacial score (nSPS) is 11.8. The van der Waals surface area contributed by atoms with Crippen molar-refractivity contribution in [1.82, 2.24) is 15.1 Å². The lowest BCUT2D eigenvalue weighted by atomic mass is 9.92. The van der Waals surface area contributed by atoms with E-state index in [-0.39, 0.29) is 5.41 Å². The zero-order chi connectivity index (χ0) is 13.2. The third kappa shape index (κ3) is 3.13. The van der Waals surface area contributed by atoms with Crippen LogP contribution in [-0.2, 0) is 13.0 Å². The van der Waals surface area contributed by atoms with Gasteiger partial charge in [0.1, 0.15) is 0 Å². The Morgan fingerprint density at radius 1 is 1.33 bits per heavy atom. The van der Waals surface area contributed by atoms with E-state index >= 15 is 0 Å². The van der Waals surface area contributed by atoms with Gasteiger partial charge in [0.25, 0.3) is 5.89 Å². The summed E-state index contributed by atoms with van der Waals surface area (Å²) in [6.45, 7) is 6.82. The SMILES string of the molecule is CC(C)(C)Cc1noc(-c2ccnc(CN)c2)n1. The summed E-state index contributed by atoms with van der Waals surface area (Å²) < 4.78 is 5.27. The maximum atomic E-state index is 5.56. The second kappa shape index (κ2) is 4.86. The van der Waals surface area contributed by atoms with E-state index in [0.717, 1.165) is 23.5 Å². The van der Waals surface area contributed by atoms with E-state index in [1.807, 2.05) is 12.1 Å². The molecule has 0 atom stereocenters. The molecule has 0 amide bonds. The zero-order valence-corrected chi connectivity index (χ0v) is 11.0. The van der Waals surface area contributed by atoms with E-state index < -0.39 is 0 Å². The summed E-state index contributed by atoms with van der Waals surface area (Å²) in [6.07, 6.45) is 2.48. The summed E-state index contributed by atoms with van der Waals surface area (Å²) in [5, 5.41) is 4.00. The van der Waals surface area contributed by atoms with Gasteiger partial charge in [-0.25, -0.2) is 0 Å². The van der Waals surface area contributed by atoms with Crippen LogP contribution in [0.2, 0.25) is 0 Å². The Morgan fingerprint density at radius 2 is 2.11 bits per heavy atom. The summed E-state index contributed by atoms with van der Waals surface area (Å²) in [4.78, 5) is 8.53. The Kier molecular flexibility index (Phi) is 3.43. The van der Waals surface area contributed by atoms with Gasteiger partial charge in [-0.05, 0) is 17.5 Å². The molecule has 2 aromatic heterocycles. The van der Waals surface area contributed by atoms with E-state index in [2.05, 4.69) is 35.9 Å². The Morgan fingerprint density at radius 3 is 2.78 bits per heavy atom. The molecule has 0 fully saturated rings. The largest absolute Gasteiger partial charge is 0.334 e. The molecule has 2 rings (SSSR count). The van der Waals surface area contributed by atoms with Gasteiger partial charge in [0.15, 0.2) is 5.82 Å². The average Bonchev–Trinajstić information content (AvgIpc) is 2.75. The third-order valence-electron chi connectivity index (χ3n) is 2.43. The highest BCUT2D eigenvalue weighted by Crippen LogP contribution is 2.22. The second-order valence-electron chi connectivity index (χ2n) is 5.49. The topological polar surface area (TPSA) is 77.8 Å². The Bertz CT molecular complexity index is 528. The van der Waals surface area contributed by atoms with E-state index in [4.69, 9.17) is 10.3 Å². The summed E-state index contributed by atoms with van der Waals surface area (Å²) in [5.74, 6) is 1.25. The predicted molar refractivity (Wildman–Crippen MR) is 68.6 cm³/mol. The van der Waals surface area contributed by atoms with Crippen LogP contribution in [0.5, 0.6) is 0 Å². The quantitative estimate of drug-likeness (QED) is 0.898. The van der Waals surface area contributed by atoms with Crippen molar-refractivity contribution in [2.45, 2.75) is 33.7 Å². The highest BCUT2D eigenvalue weighted by atomic mass is 16.5. The van der Waals surface area contributed by atoms with Crippen molar-refractivity contribution in [3.05, 3.63) is 29.8 Å². The predicted octanol–water partition coefficient (Wildman–Crippen LogP) is 2.18. The molecule has 5 nitrogen and oxygen atoms in total. The van der Waals surface area contributed by atoms with E-state index in [9.17, 15) is 0 Å². The molecular formula is C13H18N4O. The number of pyridine rings is 1. The maximum absolute atomic E-state index is 5.56. The number of hydrogen-bond acceptors (Lipinski definition) is 5. The van der Waals surface area contributed by atoms with Gasteiger partial charge in [-0.1, -0.05) is 25.9 Å². The smallest absolute Gasteiger partial charge is 0.258 e. The Labute approximate surface area is 106 Å². The minimum atomic E-state index is 0.141. The molecule has 2 aromatic rings. The van der Waals surface area contributed by atoms with Gasteiger partial charge in [-0.3, -0.25) is 4.98 Å². The highest BCUT2D eigenvalue weighted by molar-refractivity contribution is 5.52. The first-order valence-electron chi connectivity index (χ1n) is 5.96. The minimum absolute atomic E-state index is 0.141. The number of rotatable bonds is 3. The van der Waals surface area contributed by atoms with Crippen LogP contribution in [0.25, 0.3) is 11.5 Å². The molecule has 18 heavy (non-hydrogen) atoms. The van der Waals surface area contributed by atoms with Gasteiger partial charge in [-0.2, -0.15) is 4.98 Å². The van der Waals surface area contributed by atoms with Crippen molar-refractivity contribution in [3.63, 3.8) is 0 Å². The zero-order valence-electron chi connectivity index (χ0n) is 11.0. The van der Waals surface area contributed by atoms with Crippen LogP contribution in [0.4, 0.5) is 0 Å². The van der Waals surface area contributed by atoms with Crippen molar-refractivity contribution < 1.29 is 4.52 Å². The number of nitrogens with two attached hydrogens (primary N) is 1. The molecule has 0 saturated carbocycles. The van der Waals surface area contributed by atoms with Crippen LogP contribution in [0.1, 0.15) is 32.3 Å². The fraction of sp³-hybridized carbons (Fsp3) is 0.462. The molecule has 2 N–H and O–H groups in total. The van der Waals surface area contributed by atoms with Gasteiger partial charge >= 0.3 is 0 Å². The van der Waals surface area contributed by atoms with E-state index in [1.54, 1.807) is 6.20 Å². The van der Waals surface area contributed by atoms with Crippen LogP contribution in [0.3, 0.4) is 0 Å². The van der Waals surface area contributed by atoms with Crippen LogP contribution >= 0.6 is 0 Å². The number of hydrogen-bond donors (Lipinski definition) is 1. The number of aromatic nitrogens is 3. The highest BCUT2D eigenvalue weighted by Gasteiger charge is 2.17. The summed E-state index contributed by atoms with van der Waals surface area (Å²) in [5.41, 5.74) is 7.36. The molecule has 0 unspecified atom stereocenters. The van der Waals surface area contributed by atoms with Crippen molar-refractivity contribution in [2.24, 2.45) is 11.1 Å². The maximum Gasteiger partial charge on any atom is 0.258 e. The molecule has 0 bridgehead atoms. The summed E-state index contributed by atoms with van der Waals surface area (Å²) in [6, 6.07) is 3.71. The lowest BCUT2D eigenvalue weighted by Crippen LogP contribution is -2.10. The Hall–Kier alpha value is -1.75. The molecule has 2 heterocycles.